The maximum atomic E-state index is 12.7. The number of nitro benzene ring substituents is 1. The van der Waals surface area contributed by atoms with Gasteiger partial charge in [-0.15, -0.1) is 0 Å². The zero-order valence-electron chi connectivity index (χ0n) is 15.4. The molecule has 0 unspecified atom stereocenters. The standard InChI is InChI=1S/C18H25N5O4/c1-2-19-17(24)12-21-7-9-22(10-8-21)18(25)13-3-6-15(20-14-4-5-14)16(11-13)23(26)27/h3,6,11,14,20H,2,4-5,7-10,12H2,1H3,(H,19,24). The molecule has 0 aromatic heterocycles. The Kier molecular flexibility index (Phi) is 5.90. The van der Waals surface area contributed by atoms with Gasteiger partial charge in [0.1, 0.15) is 5.69 Å². The summed E-state index contributed by atoms with van der Waals surface area (Å²) in [5, 5.41) is 17.3. The number of piperazine rings is 1. The SMILES string of the molecule is CCNC(=O)CN1CCN(C(=O)c2ccc(NC3CC3)c([N+](=O)[O-])c2)CC1. The van der Waals surface area contributed by atoms with Crippen molar-refractivity contribution in [3.05, 3.63) is 33.9 Å². The first-order valence-electron chi connectivity index (χ1n) is 9.31. The van der Waals surface area contributed by atoms with Crippen LogP contribution >= 0.6 is 0 Å². The molecule has 0 bridgehead atoms. The lowest BCUT2D eigenvalue weighted by molar-refractivity contribution is -0.384. The van der Waals surface area contributed by atoms with Crippen LogP contribution in [-0.4, -0.2) is 71.8 Å². The molecule has 1 aromatic carbocycles. The molecular weight excluding hydrogens is 350 g/mol. The minimum absolute atomic E-state index is 0.0216. The number of hydrogen-bond acceptors (Lipinski definition) is 6. The molecule has 3 rings (SSSR count). The molecule has 2 aliphatic rings. The van der Waals surface area contributed by atoms with Gasteiger partial charge in [0.2, 0.25) is 5.91 Å². The number of nitrogens with zero attached hydrogens (tertiary/aromatic N) is 3. The molecule has 1 aliphatic heterocycles. The van der Waals surface area contributed by atoms with Gasteiger partial charge in [0.15, 0.2) is 0 Å². The first kappa shape index (κ1) is 19.1. The van der Waals surface area contributed by atoms with Crippen LogP contribution in [0, 0.1) is 10.1 Å². The lowest BCUT2D eigenvalue weighted by Crippen LogP contribution is -2.51. The van der Waals surface area contributed by atoms with Crippen molar-refractivity contribution in [2.24, 2.45) is 0 Å². The van der Waals surface area contributed by atoms with E-state index in [0.29, 0.717) is 56.6 Å². The van der Waals surface area contributed by atoms with Gasteiger partial charge >= 0.3 is 0 Å². The summed E-state index contributed by atoms with van der Waals surface area (Å²) in [7, 11) is 0. The van der Waals surface area contributed by atoms with Gasteiger partial charge < -0.3 is 15.5 Å². The number of nitro groups is 1. The molecule has 2 fully saturated rings. The highest BCUT2D eigenvalue weighted by Crippen LogP contribution is 2.31. The third-order valence-electron chi connectivity index (χ3n) is 4.78. The fraction of sp³-hybridized carbons (Fsp3) is 0.556. The van der Waals surface area contributed by atoms with E-state index < -0.39 is 4.92 Å². The van der Waals surface area contributed by atoms with E-state index in [4.69, 9.17) is 0 Å². The molecule has 1 saturated carbocycles. The van der Waals surface area contributed by atoms with E-state index in [-0.39, 0.29) is 17.5 Å². The Bertz CT molecular complexity index is 726. The lowest BCUT2D eigenvalue weighted by atomic mass is 10.1. The van der Waals surface area contributed by atoms with Gasteiger partial charge in [0, 0.05) is 50.4 Å². The van der Waals surface area contributed by atoms with Gasteiger partial charge in [-0.05, 0) is 31.9 Å². The highest BCUT2D eigenvalue weighted by molar-refractivity contribution is 5.96. The third-order valence-corrected chi connectivity index (χ3v) is 4.78. The highest BCUT2D eigenvalue weighted by atomic mass is 16.6. The molecule has 0 radical (unpaired) electrons. The smallest absolute Gasteiger partial charge is 0.293 e. The number of rotatable bonds is 7. The van der Waals surface area contributed by atoms with Gasteiger partial charge in [0.05, 0.1) is 11.5 Å². The van der Waals surface area contributed by atoms with Crippen molar-refractivity contribution in [1.82, 2.24) is 15.1 Å². The van der Waals surface area contributed by atoms with E-state index in [9.17, 15) is 19.7 Å². The minimum atomic E-state index is -0.453. The molecule has 2 amide bonds. The Morgan fingerprint density at radius 3 is 2.52 bits per heavy atom. The Labute approximate surface area is 157 Å². The topological polar surface area (TPSA) is 108 Å². The summed E-state index contributed by atoms with van der Waals surface area (Å²) < 4.78 is 0. The number of hydrogen-bond donors (Lipinski definition) is 2. The maximum Gasteiger partial charge on any atom is 0.293 e. The quantitative estimate of drug-likeness (QED) is 0.545. The molecule has 1 aromatic rings. The summed E-state index contributed by atoms with van der Waals surface area (Å²) in [6.45, 7) is 4.99. The predicted octanol–water partition coefficient (Wildman–Crippen LogP) is 1.06. The summed E-state index contributed by atoms with van der Waals surface area (Å²) in [5.41, 5.74) is 0.716. The molecule has 0 spiro atoms. The first-order valence-corrected chi connectivity index (χ1v) is 9.31. The number of benzene rings is 1. The van der Waals surface area contributed by atoms with Crippen LogP contribution in [0.5, 0.6) is 0 Å². The van der Waals surface area contributed by atoms with Gasteiger partial charge in [-0.2, -0.15) is 0 Å². The minimum Gasteiger partial charge on any atom is -0.377 e. The van der Waals surface area contributed by atoms with Crippen molar-refractivity contribution in [3.63, 3.8) is 0 Å². The van der Waals surface area contributed by atoms with Crippen molar-refractivity contribution in [3.8, 4) is 0 Å². The van der Waals surface area contributed by atoms with Crippen LogP contribution in [0.2, 0.25) is 0 Å². The second-order valence-corrected chi connectivity index (χ2v) is 6.93. The average molecular weight is 375 g/mol. The summed E-state index contributed by atoms with van der Waals surface area (Å²) >= 11 is 0. The Morgan fingerprint density at radius 2 is 1.93 bits per heavy atom. The number of carbonyl (C=O) groups excluding carboxylic acids is 2. The fourth-order valence-electron chi connectivity index (χ4n) is 3.13. The Hall–Kier alpha value is -2.68. The molecule has 1 saturated heterocycles. The average Bonchev–Trinajstić information content (AvgIpc) is 3.46. The first-order chi connectivity index (χ1) is 13.0. The largest absolute Gasteiger partial charge is 0.377 e. The Morgan fingerprint density at radius 1 is 1.22 bits per heavy atom. The molecule has 2 N–H and O–H groups in total. The number of likely N-dealkylation sites (N-methyl/N-ethyl adjacent to an activating group) is 1. The summed E-state index contributed by atoms with van der Waals surface area (Å²) in [6, 6.07) is 4.91. The van der Waals surface area contributed by atoms with E-state index in [1.165, 1.54) is 6.07 Å². The van der Waals surface area contributed by atoms with E-state index in [0.717, 1.165) is 12.8 Å². The van der Waals surface area contributed by atoms with Crippen LogP contribution in [0.15, 0.2) is 18.2 Å². The zero-order valence-corrected chi connectivity index (χ0v) is 15.4. The van der Waals surface area contributed by atoms with Gasteiger partial charge in [-0.3, -0.25) is 24.6 Å². The zero-order chi connectivity index (χ0) is 19.4. The molecule has 1 aliphatic carbocycles. The lowest BCUT2D eigenvalue weighted by Gasteiger charge is -2.34. The van der Waals surface area contributed by atoms with Crippen molar-refractivity contribution in [1.29, 1.82) is 0 Å². The van der Waals surface area contributed by atoms with Crippen LogP contribution in [0.4, 0.5) is 11.4 Å². The van der Waals surface area contributed by atoms with E-state index in [1.807, 2.05) is 11.8 Å². The van der Waals surface area contributed by atoms with Crippen LogP contribution in [0.25, 0.3) is 0 Å². The van der Waals surface area contributed by atoms with Crippen molar-refractivity contribution >= 4 is 23.2 Å². The second kappa shape index (κ2) is 8.34. The summed E-state index contributed by atoms with van der Waals surface area (Å²) in [5.74, 6) is -0.236. The molecule has 9 heteroatoms. The maximum absolute atomic E-state index is 12.7. The van der Waals surface area contributed by atoms with Crippen molar-refractivity contribution in [2.45, 2.75) is 25.8 Å². The normalized spacial score (nSPS) is 17.4. The molecule has 27 heavy (non-hydrogen) atoms. The third kappa shape index (κ3) is 4.94. The monoisotopic (exact) mass is 375 g/mol. The number of anilines is 1. The molecule has 9 nitrogen and oxygen atoms in total. The highest BCUT2D eigenvalue weighted by Gasteiger charge is 2.28. The number of nitrogens with one attached hydrogen (secondary N) is 2. The van der Waals surface area contributed by atoms with Crippen molar-refractivity contribution < 1.29 is 14.5 Å². The molecule has 0 atom stereocenters. The van der Waals surface area contributed by atoms with Crippen LogP contribution < -0.4 is 10.6 Å². The van der Waals surface area contributed by atoms with E-state index >= 15 is 0 Å². The van der Waals surface area contributed by atoms with Gasteiger partial charge in [0.25, 0.3) is 11.6 Å². The van der Waals surface area contributed by atoms with Gasteiger partial charge in [-0.25, -0.2) is 0 Å². The molecular formula is C18H25N5O4. The molecule has 1 heterocycles. The molecule has 146 valence electrons. The fourth-order valence-corrected chi connectivity index (χ4v) is 3.13. The summed E-state index contributed by atoms with van der Waals surface area (Å²) in [4.78, 5) is 39.0. The van der Waals surface area contributed by atoms with Crippen molar-refractivity contribution in [2.75, 3.05) is 44.6 Å². The van der Waals surface area contributed by atoms with Crippen LogP contribution in [-0.2, 0) is 4.79 Å². The second-order valence-electron chi connectivity index (χ2n) is 6.93. The number of carbonyl (C=O) groups is 2. The van der Waals surface area contributed by atoms with E-state index in [2.05, 4.69) is 10.6 Å². The van der Waals surface area contributed by atoms with Gasteiger partial charge in [-0.1, -0.05) is 0 Å². The van der Waals surface area contributed by atoms with Crippen LogP contribution in [0.1, 0.15) is 30.1 Å². The number of amides is 2. The summed E-state index contributed by atoms with van der Waals surface area (Å²) in [6.07, 6.45) is 2.02. The predicted molar refractivity (Wildman–Crippen MR) is 101 cm³/mol. The Balaban J connectivity index is 1.61. The van der Waals surface area contributed by atoms with E-state index in [1.54, 1.807) is 17.0 Å². The van der Waals surface area contributed by atoms with Crippen LogP contribution in [0.3, 0.4) is 0 Å².